The van der Waals surface area contributed by atoms with Gasteiger partial charge in [-0.1, -0.05) is 0 Å². The van der Waals surface area contributed by atoms with Crippen molar-refractivity contribution in [2.45, 2.75) is 184 Å². The molecule has 6 rings (SSSR count). The van der Waals surface area contributed by atoms with E-state index in [4.69, 9.17) is 52.1 Å². The van der Waals surface area contributed by atoms with Gasteiger partial charge >= 0.3 is 0 Å². The first kappa shape index (κ1) is 55.1. The average molecular weight is 991 g/mol. The highest BCUT2D eigenvalue weighted by Crippen LogP contribution is 2.35. The van der Waals surface area contributed by atoms with Crippen molar-refractivity contribution < 1.29 is 154 Å². The molecule has 1 unspecified atom stereocenters. The number of hydrogen-bond acceptors (Lipinski definition) is 31. The summed E-state index contributed by atoms with van der Waals surface area (Å²) in [6.45, 7) is -5.44. The number of ether oxygens (including phenoxy) is 11. The van der Waals surface area contributed by atoms with Gasteiger partial charge in [-0.25, -0.2) is 0 Å². The predicted octanol–water partition coefficient (Wildman–Crippen LogP) is -14.1. The van der Waals surface area contributed by atoms with Crippen molar-refractivity contribution in [3.8, 4) is 0 Å². The third-order valence-electron chi connectivity index (χ3n) is 12.4. The molecule has 392 valence electrons. The molecule has 67 heavy (non-hydrogen) atoms. The molecule has 0 aromatic rings. The SMILES string of the molecule is OC[C@H]1O[C@H](O[C@H]2[C@H](O)[C@@H](O)[C@@H](O[C@H]3[C@H](O)[C@@H](O)[C@@H](O[C@H]4[C@H](O)[C@@H](O)[C@@H](OC[C@H]5O[C@H](O[C@H]6[C@H](O)[C@@H](O)C(O)O[C@@H]6CO)[C@H](O)[C@@H](O)[C@@H]5O)O[C@@H]4CO)O[C@@H]3CO)O[C@@H]2CO)[C@H](O)[C@@H](O)[C@@H]1O. The van der Waals surface area contributed by atoms with E-state index < -0.39 is 224 Å². The fraction of sp³-hybridized carbons (Fsp3) is 1.00. The summed E-state index contributed by atoms with van der Waals surface area (Å²) in [7, 11) is 0. The van der Waals surface area contributed by atoms with Gasteiger partial charge < -0.3 is 154 Å². The summed E-state index contributed by atoms with van der Waals surface area (Å²) in [5.41, 5.74) is 0. The number of rotatable bonds is 16. The third kappa shape index (κ3) is 11.4. The van der Waals surface area contributed by atoms with E-state index in [1.807, 2.05) is 0 Å². The molecular formula is C36H62O31. The van der Waals surface area contributed by atoms with E-state index >= 15 is 0 Å². The minimum Gasteiger partial charge on any atom is -0.394 e. The molecule has 0 amide bonds. The van der Waals surface area contributed by atoms with Crippen LogP contribution in [0.2, 0.25) is 0 Å². The quantitative estimate of drug-likeness (QED) is 0.0683. The zero-order valence-electron chi connectivity index (χ0n) is 35.0. The van der Waals surface area contributed by atoms with E-state index in [0.29, 0.717) is 0 Å². The first-order valence-electron chi connectivity index (χ1n) is 21.1. The Morgan fingerprint density at radius 1 is 0.254 bits per heavy atom. The smallest absolute Gasteiger partial charge is 0.187 e. The Kier molecular flexibility index (Phi) is 19.4. The minimum atomic E-state index is -2.16. The highest BCUT2D eigenvalue weighted by atomic mass is 16.8. The van der Waals surface area contributed by atoms with Crippen LogP contribution in [-0.2, 0) is 52.1 Å². The lowest BCUT2D eigenvalue weighted by Crippen LogP contribution is -2.67. The van der Waals surface area contributed by atoms with Crippen LogP contribution in [0.15, 0.2) is 0 Å². The summed E-state index contributed by atoms with van der Waals surface area (Å²) in [5, 5.41) is 209. The molecule has 0 radical (unpaired) electrons. The maximum absolute atomic E-state index is 11.2. The summed E-state index contributed by atoms with van der Waals surface area (Å²) in [6.07, 6.45) is -55.9. The third-order valence-corrected chi connectivity index (χ3v) is 12.4. The van der Waals surface area contributed by atoms with Gasteiger partial charge in [0.1, 0.15) is 146 Å². The van der Waals surface area contributed by atoms with E-state index in [-0.39, 0.29) is 0 Å². The van der Waals surface area contributed by atoms with Gasteiger partial charge in [0.25, 0.3) is 0 Å². The molecule has 6 aliphatic heterocycles. The molecular weight excluding hydrogens is 928 g/mol. The van der Waals surface area contributed by atoms with Gasteiger partial charge in [0, 0.05) is 0 Å². The van der Waals surface area contributed by atoms with Gasteiger partial charge in [-0.15, -0.1) is 0 Å². The number of aliphatic hydroxyl groups is 20. The lowest BCUT2D eigenvalue weighted by molar-refractivity contribution is -0.389. The van der Waals surface area contributed by atoms with Crippen molar-refractivity contribution in [2.24, 2.45) is 0 Å². The van der Waals surface area contributed by atoms with Crippen molar-refractivity contribution in [3.63, 3.8) is 0 Å². The summed E-state index contributed by atoms with van der Waals surface area (Å²) in [4.78, 5) is 0. The predicted molar refractivity (Wildman–Crippen MR) is 199 cm³/mol. The normalized spacial score (nSPS) is 53.4. The molecule has 0 aromatic heterocycles. The van der Waals surface area contributed by atoms with Crippen molar-refractivity contribution in [2.75, 3.05) is 39.6 Å². The van der Waals surface area contributed by atoms with Gasteiger partial charge in [-0.05, 0) is 0 Å². The fourth-order valence-electron chi connectivity index (χ4n) is 8.42. The lowest BCUT2D eigenvalue weighted by Gasteiger charge is -2.49. The maximum Gasteiger partial charge on any atom is 0.187 e. The van der Waals surface area contributed by atoms with E-state index in [1.165, 1.54) is 0 Å². The van der Waals surface area contributed by atoms with Crippen LogP contribution >= 0.6 is 0 Å². The van der Waals surface area contributed by atoms with E-state index in [2.05, 4.69) is 0 Å². The fourth-order valence-corrected chi connectivity index (χ4v) is 8.42. The zero-order chi connectivity index (χ0) is 49.3. The maximum atomic E-state index is 11.2. The Balaban J connectivity index is 1.05. The van der Waals surface area contributed by atoms with Crippen LogP contribution in [0.25, 0.3) is 0 Å². The van der Waals surface area contributed by atoms with Crippen molar-refractivity contribution in [3.05, 3.63) is 0 Å². The first-order valence-corrected chi connectivity index (χ1v) is 21.1. The van der Waals surface area contributed by atoms with Gasteiger partial charge in [-0.2, -0.15) is 0 Å². The van der Waals surface area contributed by atoms with Crippen LogP contribution in [0.1, 0.15) is 0 Å². The lowest BCUT2D eigenvalue weighted by atomic mass is 9.95. The Morgan fingerprint density at radius 2 is 0.522 bits per heavy atom. The molecule has 20 N–H and O–H groups in total. The minimum absolute atomic E-state index is 0.810. The molecule has 0 bridgehead atoms. The van der Waals surface area contributed by atoms with E-state index in [0.717, 1.165) is 0 Å². The zero-order valence-corrected chi connectivity index (χ0v) is 35.0. The summed E-state index contributed by atoms with van der Waals surface area (Å²) >= 11 is 0. The van der Waals surface area contributed by atoms with Gasteiger partial charge in [-0.3, -0.25) is 0 Å². The van der Waals surface area contributed by atoms with Crippen molar-refractivity contribution in [1.82, 2.24) is 0 Å². The summed E-state index contributed by atoms with van der Waals surface area (Å²) in [5.74, 6) is 0. The van der Waals surface area contributed by atoms with E-state index in [9.17, 15) is 102 Å². The molecule has 31 nitrogen and oxygen atoms in total. The molecule has 0 spiro atoms. The van der Waals surface area contributed by atoms with Crippen LogP contribution in [0.5, 0.6) is 0 Å². The average Bonchev–Trinajstić information content (AvgIpc) is 3.32. The second kappa shape index (κ2) is 23.5. The molecule has 30 atom stereocenters. The van der Waals surface area contributed by atoms with Gasteiger partial charge in [0.2, 0.25) is 0 Å². The standard InChI is InChI=1S/C36H62O31/c37-1-7-13(42)15(44)22(51)33(59-7)65-29-10(4-40)61-36(25(54)19(29)48)67-30-11(5-41)62-35(26(55)20(30)49)66-28-9(3-39)60-32(24(53)18(28)47)57-6-12-14(43)16(45)23(52)34(63-12)64-27-8(2-38)58-31(56)21(50)17(27)46/h7-56H,1-6H2/t7-,8-,9-,10-,11-,12-,13-,14-,15+,16+,17-,18-,19-,20-,21-,22-,23-,24-,25-,26-,27-,28-,29-,30-,31?,32+,33-,34-,35-,36-/m1/s1. The topological polar surface area (TPSA) is 506 Å². The summed E-state index contributed by atoms with van der Waals surface area (Å²) in [6, 6.07) is 0. The van der Waals surface area contributed by atoms with Gasteiger partial charge in [0.05, 0.1) is 39.6 Å². The second-order valence-electron chi connectivity index (χ2n) is 16.8. The molecule has 31 heteroatoms. The van der Waals surface area contributed by atoms with Gasteiger partial charge in [0.15, 0.2) is 37.7 Å². The molecule has 6 fully saturated rings. The molecule has 0 saturated carbocycles. The van der Waals surface area contributed by atoms with Crippen LogP contribution in [0, 0.1) is 0 Å². The first-order chi connectivity index (χ1) is 31.7. The molecule has 6 saturated heterocycles. The Bertz CT molecular complexity index is 1500. The van der Waals surface area contributed by atoms with Crippen molar-refractivity contribution in [1.29, 1.82) is 0 Å². The second-order valence-corrected chi connectivity index (χ2v) is 16.8. The van der Waals surface area contributed by atoms with Crippen LogP contribution in [0.4, 0.5) is 0 Å². The van der Waals surface area contributed by atoms with Crippen LogP contribution < -0.4 is 0 Å². The van der Waals surface area contributed by atoms with Crippen molar-refractivity contribution >= 4 is 0 Å². The Labute approximate surface area is 378 Å². The summed E-state index contributed by atoms with van der Waals surface area (Å²) < 4.78 is 60.3. The molecule has 6 aliphatic rings. The molecule has 0 aromatic carbocycles. The van der Waals surface area contributed by atoms with E-state index in [1.54, 1.807) is 0 Å². The highest BCUT2D eigenvalue weighted by molar-refractivity contribution is 4.99. The highest BCUT2D eigenvalue weighted by Gasteiger charge is 2.56. The monoisotopic (exact) mass is 990 g/mol. The number of aliphatic hydroxyl groups excluding tert-OH is 20. The van der Waals surface area contributed by atoms with Crippen LogP contribution in [0.3, 0.4) is 0 Å². The largest absolute Gasteiger partial charge is 0.394 e. The van der Waals surface area contributed by atoms with Crippen LogP contribution in [-0.4, -0.2) is 326 Å². The Hall–Kier alpha value is -1.24. The molecule has 6 heterocycles. The molecule has 0 aliphatic carbocycles. The number of hydrogen-bond donors (Lipinski definition) is 20. The Morgan fingerprint density at radius 3 is 0.896 bits per heavy atom.